The van der Waals surface area contributed by atoms with Gasteiger partial charge in [-0.25, -0.2) is 4.79 Å². The van der Waals surface area contributed by atoms with E-state index in [1.54, 1.807) is 4.99 Å². The molecule has 13 heavy (non-hydrogen) atoms. The van der Waals surface area contributed by atoms with Crippen LogP contribution >= 0.6 is 0 Å². The quantitative estimate of drug-likeness (QED) is 0.229. The van der Waals surface area contributed by atoms with E-state index < -0.39 is 21.9 Å². The predicted octanol–water partition coefficient (Wildman–Crippen LogP) is 1.15. The number of carbonyl (C=O) groups excluding carboxylic acids is 1. The van der Waals surface area contributed by atoms with E-state index in [4.69, 9.17) is 0 Å². The highest BCUT2D eigenvalue weighted by Crippen LogP contribution is 2.29. The fourth-order valence-electron chi connectivity index (χ4n) is 0.346. The van der Waals surface area contributed by atoms with Crippen molar-refractivity contribution in [3.8, 4) is 0 Å². The number of hydrogen-bond acceptors (Lipinski definition) is 5. The van der Waals surface area contributed by atoms with Gasteiger partial charge in [-0.05, 0) is 0 Å². The number of rotatable bonds is 4. The minimum atomic E-state index is -4.75. The predicted molar refractivity (Wildman–Crippen MR) is 23.0 cm³/mol. The third-order valence-corrected chi connectivity index (χ3v) is 0.876. The normalized spacial score (nSPS) is 12.4. The maximum absolute atomic E-state index is 11.6. The molecule has 0 saturated carbocycles. The molecule has 0 amide bonds. The Morgan fingerprint density at radius 3 is 1.31 bits per heavy atom. The van der Waals surface area contributed by atoms with Crippen molar-refractivity contribution in [2.24, 2.45) is 4.99 Å². The first-order valence-corrected chi connectivity index (χ1v) is 2.34. The van der Waals surface area contributed by atoms with Gasteiger partial charge in [0.25, 0.3) is 0 Å². The smallest absolute Gasteiger partial charge is 0.211 e. The number of hydrogen-bond donors (Lipinski definition) is 0. The molecule has 0 atom stereocenters. The number of isocyanates is 1. The molecule has 5 nitrogen and oxygen atoms in total. The van der Waals surface area contributed by atoms with Crippen molar-refractivity contribution < 1.29 is 31.7 Å². The Hall–Kier alpha value is -1.16. The van der Waals surface area contributed by atoms with Crippen LogP contribution in [-0.2, 0) is 4.79 Å². The van der Waals surface area contributed by atoms with Gasteiger partial charge in [-0.3, -0.25) is 0 Å². The molecule has 0 aromatic heterocycles. The Morgan fingerprint density at radius 1 is 0.923 bits per heavy atom. The Balaban J connectivity index is 5.17. The molecule has 0 fully saturated rings. The van der Waals surface area contributed by atoms with Crippen LogP contribution in [0.3, 0.4) is 0 Å². The zero-order valence-corrected chi connectivity index (χ0v) is 5.46. The Morgan fingerprint density at radius 2 is 1.23 bits per heavy atom. The summed E-state index contributed by atoms with van der Waals surface area (Å²) >= 11 is 0. The van der Waals surface area contributed by atoms with Crippen molar-refractivity contribution in [2.45, 2.75) is 5.91 Å². The molecule has 0 rings (SSSR count). The maximum Gasteiger partial charge on any atom is 0.406 e. The molecule has 0 bridgehead atoms. The van der Waals surface area contributed by atoms with Crippen LogP contribution in [0.25, 0.3) is 0 Å². The van der Waals surface area contributed by atoms with Crippen molar-refractivity contribution in [3.63, 3.8) is 0 Å². The molecule has 0 aromatic carbocycles. The number of aliphatic imine (C=N–C) groups is 1. The summed E-state index contributed by atoms with van der Waals surface area (Å²) in [5, 5.41) is -7.96. The van der Waals surface area contributed by atoms with Gasteiger partial charge in [-0.2, -0.15) is 0 Å². The monoisotopic (exact) mass is 210 g/mol. The van der Waals surface area contributed by atoms with Gasteiger partial charge < -0.3 is 0 Å². The lowest BCUT2D eigenvalue weighted by molar-refractivity contribution is -0.474. The highest BCUT2D eigenvalue weighted by Gasteiger charge is 2.57. The molecule has 0 heterocycles. The lowest BCUT2D eigenvalue weighted by atomic mass is 10.7. The molecule has 0 N–H and O–H groups in total. The van der Waals surface area contributed by atoms with Gasteiger partial charge in [0.15, 0.2) is 0 Å². The van der Waals surface area contributed by atoms with Crippen LogP contribution in [0.5, 0.6) is 0 Å². The van der Waals surface area contributed by atoms with Crippen molar-refractivity contribution in [3.05, 3.63) is 0 Å². The Kier molecular flexibility index (Phi) is 3.81. The van der Waals surface area contributed by atoms with E-state index in [1.807, 2.05) is 0 Å². The third-order valence-electron chi connectivity index (χ3n) is 0.876. The zero-order chi connectivity index (χ0) is 10.6. The molecular weight excluding hydrogens is 210 g/mol. The van der Waals surface area contributed by atoms with Gasteiger partial charge in [-0.15, -0.1) is 4.99 Å². The third kappa shape index (κ3) is 1.95. The van der Waals surface area contributed by atoms with E-state index >= 15 is 0 Å². The Bertz CT molecular complexity index is 191. The second kappa shape index (κ2) is 4.18. The van der Waals surface area contributed by atoms with Crippen LogP contribution < -0.4 is 0 Å². The summed E-state index contributed by atoms with van der Waals surface area (Å²) in [6, 6.07) is 0. The summed E-state index contributed by atoms with van der Waals surface area (Å²) in [4.78, 5) is 10.9. The summed E-state index contributed by atoms with van der Waals surface area (Å²) in [6.45, 7) is 0. The molecule has 0 spiro atoms. The van der Waals surface area contributed by atoms with Crippen LogP contribution in [0.15, 0.2) is 4.99 Å². The van der Waals surface area contributed by atoms with E-state index in [1.165, 1.54) is 0 Å². The van der Waals surface area contributed by atoms with Crippen LogP contribution in [0.1, 0.15) is 0 Å². The van der Waals surface area contributed by atoms with E-state index in [-0.39, 0.29) is 6.08 Å². The second-order valence-electron chi connectivity index (χ2n) is 1.50. The molecule has 0 aliphatic carbocycles. The molecule has 0 aromatic rings. The first-order chi connectivity index (χ1) is 5.89. The number of nitrogens with zero attached hydrogens (tertiary/aromatic N) is 4. The lowest BCUT2D eigenvalue weighted by Crippen LogP contribution is -2.54. The van der Waals surface area contributed by atoms with E-state index in [0.29, 0.717) is 0 Å². The number of halogens is 6. The van der Waals surface area contributed by atoms with Gasteiger partial charge in [0.2, 0.25) is 6.08 Å². The molecule has 0 aliphatic rings. The van der Waals surface area contributed by atoms with Gasteiger partial charge in [0.1, 0.15) is 0 Å². The molecule has 76 valence electrons. The maximum atomic E-state index is 11.6. The average molecular weight is 210 g/mol. The van der Waals surface area contributed by atoms with Gasteiger partial charge >= 0.3 is 5.91 Å². The van der Waals surface area contributed by atoms with Gasteiger partial charge in [0, 0.05) is 0 Å². The largest absolute Gasteiger partial charge is 0.406 e. The molecular formula is C2F6N4O. The minimum Gasteiger partial charge on any atom is -0.211 e. The molecule has 0 saturated heterocycles. The van der Waals surface area contributed by atoms with E-state index in [2.05, 4.69) is 0 Å². The summed E-state index contributed by atoms with van der Waals surface area (Å²) in [7, 11) is 0. The standard InChI is InChI=1S/C2F6N4O/c3-10(4)2(9-1-13,11(5)6)12(7)8. The molecule has 0 unspecified atom stereocenters. The van der Waals surface area contributed by atoms with Crippen LogP contribution in [0.2, 0.25) is 0 Å². The van der Waals surface area contributed by atoms with Crippen LogP contribution in [-0.4, -0.2) is 28.0 Å². The minimum absolute atomic E-state index is 0.163. The lowest BCUT2D eigenvalue weighted by Gasteiger charge is -2.25. The van der Waals surface area contributed by atoms with E-state index in [0.717, 1.165) is 0 Å². The van der Waals surface area contributed by atoms with Crippen LogP contribution in [0.4, 0.5) is 26.9 Å². The Labute approximate surface area is 66.0 Å². The first-order valence-electron chi connectivity index (χ1n) is 2.34. The van der Waals surface area contributed by atoms with Crippen molar-refractivity contribution in [1.82, 2.24) is 16.0 Å². The fourth-order valence-corrected chi connectivity index (χ4v) is 0.346. The van der Waals surface area contributed by atoms with Crippen molar-refractivity contribution in [1.29, 1.82) is 0 Å². The van der Waals surface area contributed by atoms with Gasteiger partial charge in [-0.1, -0.05) is 26.9 Å². The average Bonchev–Trinajstić information content (AvgIpc) is 1.97. The second-order valence-corrected chi connectivity index (χ2v) is 1.50. The van der Waals surface area contributed by atoms with Crippen molar-refractivity contribution >= 4 is 6.08 Å². The summed E-state index contributed by atoms with van der Waals surface area (Å²) in [5.74, 6) is -4.75. The zero-order valence-electron chi connectivity index (χ0n) is 5.46. The fraction of sp³-hybridized carbons (Fsp3) is 0.500. The summed E-state index contributed by atoms with van der Waals surface area (Å²) in [5.41, 5.74) is 0. The molecule has 11 heteroatoms. The summed E-state index contributed by atoms with van der Waals surface area (Å²) in [6.07, 6.45) is 0.163. The van der Waals surface area contributed by atoms with Crippen LogP contribution in [0, 0.1) is 0 Å². The first kappa shape index (κ1) is 11.8. The van der Waals surface area contributed by atoms with E-state index in [9.17, 15) is 31.7 Å². The summed E-state index contributed by atoms with van der Waals surface area (Å²) < 4.78 is 69.4. The molecule has 0 aliphatic heterocycles. The van der Waals surface area contributed by atoms with Crippen molar-refractivity contribution in [2.75, 3.05) is 0 Å². The highest BCUT2D eigenvalue weighted by molar-refractivity contribution is 5.33. The van der Waals surface area contributed by atoms with Gasteiger partial charge in [0.05, 0.1) is 16.0 Å². The molecule has 0 radical (unpaired) electrons. The topological polar surface area (TPSA) is 39.2 Å². The highest BCUT2D eigenvalue weighted by atomic mass is 19.4. The SMILES string of the molecule is O=C=NC(N(F)F)(N(F)F)N(F)F.